The van der Waals surface area contributed by atoms with Gasteiger partial charge in [0.2, 0.25) is 0 Å². The zero-order valence-corrected chi connectivity index (χ0v) is 9.23. The van der Waals surface area contributed by atoms with Crippen molar-refractivity contribution >= 4 is 27.3 Å². The first kappa shape index (κ1) is 43.1. The van der Waals surface area contributed by atoms with Crippen LogP contribution in [-0.2, 0) is 0 Å². The summed E-state index contributed by atoms with van der Waals surface area (Å²) in [5.74, 6) is 0. The molecule has 74 valence electrons. The molecule has 0 aromatic rings. The molecule has 12 heteroatoms. The fourth-order valence-electron chi connectivity index (χ4n) is 0. The number of hydrogen-bond donors (Lipinski definition) is 0. The zero-order chi connectivity index (χ0) is 7.15. The second kappa shape index (κ2) is 31.9. The minimum absolute atomic E-state index is 0. The normalized spacial score (nSPS) is 4.00. The Labute approximate surface area is 84.9 Å². The molecule has 11 nitrogen and oxygen atoms in total. The molecular formula is H6N2O9Pb. The van der Waals surface area contributed by atoms with Crippen molar-refractivity contribution < 1.29 is 26.6 Å². The summed E-state index contributed by atoms with van der Waals surface area (Å²) in [6, 6.07) is 0. The molecule has 0 atom stereocenters. The minimum Gasteiger partial charge on any atom is -0.412 e. The summed E-state index contributed by atoms with van der Waals surface area (Å²) in [6.45, 7) is 0. The van der Waals surface area contributed by atoms with E-state index in [1.165, 1.54) is 0 Å². The Morgan fingerprint density at radius 2 is 0.667 bits per heavy atom. The number of rotatable bonds is 0. The molecule has 0 fully saturated rings. The second-order valence-corrected chi connectivity index (χ2v) is 0.447. The van der Waals surface area contributed by atoms with Crippen LogP contribution in [0.4, 0.5) is 0 Å². The summed E-state index contributed by atoms with van der Waals surface area (Å²) >= 11 is 0. The molecule has 0 aromatic heterocycles. The third-order valence-corrected chi connectivity index (χ3v) is 0. The first-order chi connectivity index (χ1) is 3.46. The molecule has 12 heavy (non-hydrogen) atoms. The Kier molecular flexibility index (Phi) is 115. The fourth-order valence-corrected chi connectivity index (χ4v) is 0. The van der Waals surface area contributed by atoms with Gasteiger partial charge in [-0.1, -0.05) is 0 Å². The third-order valence-electron chi connectivity index (χ3n) is 0. The van der Waals surface area contributed by atoms with Gasteiger partial charge in [-0.05, 0) is 0 Å². The molecule has 0 aliphatic rings. The van der Waals surface area contributed by atoms with Gasteiger partial charge in [-0.3, -0.25) is 0 Å². The van der Waals surface area contributed by atoms with Crippen molar-refractivity contribution in [3.63, 3.8) is 0 Å². The molecule has 0 heterocycles. The smallest absolute Gasteiger partial charge is 0.412 e. The standard InChI is InChI=1S/2NO3.3H2O.Pb/c2*2-1(3)4;;;;/h;;3*1H2;/q2*-1;;;;+2. The third kappa shape index (κ3) is 972. The van der Waals surface area contributed by atoms with Gasteiger partial charge in [-0.25, -0.2) is 0 Å². The van der Waals surface area contributed by atoms with Crippen LogP contribution in [0.25, 0.3) is 0 Å². The van der Waals surface area contributed by atoms with E-state index >= 15 is 0 Å². The number of hydrogen-bond acceptors (Lipinski definition) is 6. The van der Waals surface area contributed by atoms with Gasteiger partial charge in [-0.2, -0.15) is 0 Å². The minimum atomic E-state index is -1.75. The summed E-state index contributed by atoms with van der Waals surface area (Å²) in [7, 11) is 0. The fraction of sp³-hybridized carbons (Fsp3) is 0. The van der Waals surface area contributed by atoms with E-state index in [-0.39, 0.29) is 43.7 Å². The Bertz CT molecular complexity index is 70.5. The van der Waals surface area contributed by atoms with E-state index in [0.29, 0.717) is 0 Å². The summed E-state index contributed by atoms with van der Waals surface area (Å²) in [5.41, 5.74) is 0. The average molecular weight is 385 g/mol. The first-order valence-electron chi connectivity index (χ1n) is 1.10. The molecular weight excluding hydrogens is 379 g/mol. The Morgan fingerprint density at radius 1 is 0.667 bits per heavy atom. The molecule has 0 bridgehead atoms. The van der Waals surface area contributed by atoms with Crippen molar-refractivity contribution in [2.75, 3.05) is 0 Å². The molecule has 0 saturated carbocycles. The predicted octanol–water partition coefficient (Wildman–Crippen LogP) is -3.33. The maximum atomic E-state index is 8.25. The van der Waals surface area contributed by atoms with E-state index in [2.05, 4.69) is 0 Å². The predicted molar refractivity (Wildman–Crippen MR) is 37.3 cm³/mol. The van der Waals surface area contributed by atoms with Crippen molar-refractivity contribution in [1.82, 2.24) is 0 Å². The zero-order valence-electron chi connectivity index (χ0n) is 5.34. The van der Waals surface area contributed by atoms with Gasteiger partial charge in [-0.15, -0.1) is 0 Å². The second-order valence-electron chi connectivity index (χ2n) is 0.447. The van der Waals surface area contributed by atoms with Gasteiger partial charge in [0.25, 0.3) is 0 Å². The van der Waals surface area contributed by atoms with E-state index in [1.807, 2.05) is 0 Å². The van der Waals surface area contributed by atoms with Gasteiger partial charge in [0.05, 0.1) is 10.2 Å². The monoisotopic (exact) mass is 386 g/mol. The van der Waals surface area contributed by atoms with E-state index in [1.54, 1.807) is 0 Å². The SMILES string of the molecule is O.O.O.O=[N+]([O-])[O-].O=[N+]([O-])[O-].[Pb+2]. The summed E-state index contributed by atoms with van der Waals surface area (Å²) < 4.78 is 0. The maximum absolute atomic E-state index is 8.25. The van der Waals surface area contributed by atoms with Crippen LogP contribution in [0.1, 0.15) is 0 Å². The van der Waals surface area contributed by atoms with E-state index < -0.39 is 10.2 Å². The van der Waals surface area contributed by atoms with Gasteiger partial charge in [0.15, 0.2) is 0 Å². The quantitative estimate of drug-likeness (QED) is 0.235. The average Bonchev–Trinajstić information content (AvgIpc) is 1.25. The van der Waals surface area contributed by atoms with Crippen LogP contribution in [0.5, 0.6) is 0 Å². The molecule has 0 spiro atoms. The summed E-state index contributed by atoms with van der Waals surface area (Å²) in [4.78, 5) is 16.5. The van der Waals surface area contributed by atoms with Crippen LogP contribution < -0.4 is 0 Å². The Morgan fingerprint density at radius 3 is 0.667 bits per heavy atom. The van der Waals surface area contributed by atoms with Crippen molar-refractivity contribution in [2.24, 2.45) is 0 Å². The van der Waals surface area contributed by atoms with Crippen LogP contribution in [0, 0.1) is 30.6 Å². The van der Waals surface area contributed by atoms with E-state index in [0.717, 1.165) is 0 Å². The summed E-state index contributed by atoms with van der Waals surface area (Å²) in [5, 5.41) is 29.5. The molecule has 0 aliphatic heterocycles. The van der Waals surface area contributed by atoms with E-state index in [9.17, 15) is 0 Å². The molecule has 6 N–H and O–H groups in total. The maximum Gasteiger partial charge on any atom is 2.00 e. The number of nitrogens with zero attached hydrogens (tertiary/aromatic N) is 2. The molecule has 0 aliphatic carbocycles. The van der Waals surface area contributed by atoms with Gasteiger partial charge >= 0.3 is 27.3 Å². The molecule has 0 aromatic carbocycles. The van der Waals surface area contributed by atoms with Crippen molar-refractivity contribution in [2.45, 2.75) is 0 Å². The van der Waals surface area contributed by atoms with E-state index in [4.69, 9.17) is 30.6 Å². The Balaban J connectivity index is -0.0000000112. The van der Waals surface area contributed by atoms with Crippen LogP contribution in [0.15, 0.2) is 0 Å². The molecule has 0 rings (SSSR count). The Hall–Kier alpha value is -0.798. The molecule has 0 saturated heterocycles. The van der Waals surface area contributed by atoms with Crippen LogP contribution in [-0.4, -0.2) is 53.9 Å². The molecule has 0 unspecified atom stereocenters. The van der Waals surface area contributed by atoms with Crippen LogP contribution in [0.3, 0.4) is 0 Å². The first-order valence-corrected chi connectivity index (χ1v) is 1.10. The van der Waals surface area contributed by atoms with Crippen LogP contribution in [0.2, 0.25) is 0 Å². The van der Waals surface area contributed by atoms with Crippen molar-refractivity contribution in [3.05, 3.63) is 30.6 Å². The molecule has 2 radical (unpaired) electrons. The van der Waals surface area contributed by atoms with Gasteiger partial charge in [0, 0.05) is 0 Å². The van der Waals surface area contributed by atoms with Crippen LogP contribution >= 0.6 is 0 Å². The summed E-state index contributed by atoms with van der Waals surface area (Å²) in [6.07, 6.45) is 0. The van der Waals surface area contributed by atoms with Crippen molar-refractivity contribution in [3.8, 4) is 0 Å². The molecule has 0 amide bonds. The van der Waals surface area contributed by atoms with Gasteiger partial charge in [0.1, 0.15) is 0 Å². The largest absolute Gasteiger partial charge is 2.00 e. The van der Waals surface area contributed by atoms with Gasteiger partial charge < -0.3 is 47.1 Å². The van der Waals surface area contributed by atoms with Crippen molar-refractivity contribution in [1.29, 1.82) is 0 Å². The topological polar surface area (TPSA) is 227 Å².